The van der Waals surface area contributed by atoms with Crippen LogP contribution in [0.5, 0.6) is 0 Å². The van der Waals surface area contributed by atoms with E-state index in [2.05, 4.69) is 15.3 Å². The summed E-state index contributed by atoms with van der Waals surface area (Å²) < 4.78 is 0. The number of benzene rings is 1. The first-order valence-corrected chi connectivity index (χ1v) is 9.83. The van der Waals surface area contributed by atoms with Gasteiger partial charge >= 0.3 is 0 Å². The van der Waals surface area contributed by atoms with Crippen molar-refractivity contribution in [3.8, 4) is 17.5 Å². The molecule has 0 radical (unpaired) electrons. The summed E-state index contributed by atoms with van der Waals surface area (Å²) in [4.78, 5) is 34.5. The number of nitrogens with zero attached hydrogens (tertiary/aromatic N) is 4. The van der Waals surface area contributed by atoms with E-state index < -0.39 is 17.9 Å². The maximum absolute atomic E-state index is 12.7. The van der Waals surface area contributed by atoms with Crippen LogP contribution in [-0.4, -0.2) is 39.8 Å². The molecule has 1 aromatic carbocycles. The number of likely N-dealkylation sites (N-methyl/N-ethyl adjacent to an activating group) is 1. The quantitative estimate of drug-likeness (QED) is 0.483. The Bertz CT molecular complexity index is 1050. The van der Waals surface area contributed by atoms with Gasteiger partial charge in [0.2, 0.25) is 0 Å². The number of halogens is 1. The summed E-state index contributed by atoms with van der Waals surface area (Å²) in [6, 6.07) is 9.66. The Morgan fingerprint density at radius 3 is 2.69 bits per heavy atom. The second kappa shape index (κ2) is 9.28. The summed E-state index contributed by atoms with van der Waals surface area (Å²) in [5.74, 6) is -0.985. The number of nitriles is 1. The summed E-state index contributed by atoms with van der Waals surface area (Å²) in [6.07, 6.45) is 5.00. The van der Waals surface area contributed by atoms with Crippen molar-refractivity contribution in [2.75, 3.05) is 7.05 Å². The van der Waals surface area contributed by atoms with Gasteiger partial charge in [-0.1, -0.05) is 29.8 Å². The number of aromatic nitrogens is 2. The second-order valence-electron chi connectivity index (χ2n) is 6.07. The normalized spacial score (nSPS) is 11.3. The first kappa shape index (κ1) is 20.5. The molecule has 3 aromatic rings. The van der Waals surface area contributed by atoms with Crippen molar-refractivity contribution in [3.05, 3.63) is 69.8 Å². The molecule has 0 aliphatic rings. The molecular weight excluding hydrogens is 410 g/mol. The maximum atomic E-state index is 12.7. The third-order valence-electron chi connectivity index (χ3n) is 4.12. The van der Waals surface area contributed by atoms with E-state index in [-0.39, 0.29) is 12.0 Å². The molecule has 0 spiro atoms. The molecule has 1 atom stereocenters. The first-order chi connectivity index (χ1) is 14.0. The fourth-order valence-electron chi connectivity index (χ4n) is 2.61. The highest BCUT2D eigenvalue weighted by molar-refractivity contribution is 7.09. The van der Waals surface area contributed by atoms with Gasteiger partial charge in [-0.05, 0) is 18.2 Å². The topological polar surface area (TPSA) is 99.0 Å². The Morgan fingerprint density at radius 1 is 1.28 bits per heavy atom. The van der Waals surface area contributed by atoms with Gasteiger partial charge in [0.25, 0.3) is 11.8 Å². The molecule has 0 saturated heterocycles. The van der Waals surface area contributed by atoms with Crippen LogP contribution in [0.25, 0.3) is 11.3 Å². The van der Waals surface area contributed by atoms with Crippen molar-refractivity contribution < 1.29 is 9.59 Å². The number of hydrogen-bond acceptors (Lipinski definition) is 6. The van der Waals surface area contributed by atoms with Crippen LogP contribution in [0.1, 0.15) is 15.4 Å². The highest BCUT2D eigenvalue weighted by Crippen LogP contribution is 2.25. The lowest BCUT2D eigenvalue weighted by molar-refractivity contribution is -0.129. The molecule has 0 bridgehead atoms. The van der Waals surface area contributed by atoms with Gasteiger partial charge in [-0.15, -0.1) is 11.3 Å². The lowest BCUT2D eigenvalue weighted by Crippen LogP contribution is -2.47. The summed E-state index contributed by atoms with van der Waals surface area (Å²) in [6.45, 7) is 0. The number of pyridine rings is 1. The zero-order chi connectivity index (χ0) is 20.8. The van der Waals surface area contributed by atoms with Crippen LogP contribution in [0, 0.1) is 11.5 Å². The molecular formula is C20H16ClN5O2S. The molecule has 0 aliphatic heterocycles. The molecule has 146 valence electrons. The molecule has 1 unspecified atom stereocenters. The Hall–Kier alpha value is -3.28. The van der Waals surface area contributed by atoms with E-state index in [1.807, 2.05) is 18.2 Å². The lowest BCUT2D eigenvalue weighted by Gasteiger charge is -2.19. The second-order valence-corrected chi connectivity index (χ2v) is 7.45. The maximum Gasteiger partial charge on any atom is 0.258 e. The standard InChI is InChI=1S/C20H16ClN5O2S/c1-26(12-22)20(28)17(10-18-23-8-9-29-18)25-19(27)13-6-7-16(24-11-13)14-4-2-3-5-15(14)21/h2-9,11,17H,10H2,1H3,(H,25,27). The number of thiazole rings is 1. The van der Waals surface area contributed by atoms with Crippen molar-refractivity contribution in [1.82, 2.24) is 20.2 Å². The van der Waals surface area contributed by atoms with Crippen LogP contribution >= 0.6 is 22.9 Å². The molecule has 0 saturated carbocycles. The van der Waals surface area contributed by atoms with Gasteiger partial charge in [0.05, 0.1) is 16.3 Å². The monoisotopic (exact) mass is 425 g/mol. The van der Waals surface area contributed by atoms with E-state index >= 15 is 0 Å². The molecule has 29 heavy (non-hydrogen) atoms. The molecule has 2 amide bonds. The minimum absolute atomic E-state index is 0.194. The third-order valence-corrected chi connectivity index (χ3v) is 5.25. The van der Waals surface area contributed by atoms with Gasteiger partial charge in [-0.2, -0.15) is 5.26 Å². The number of rotatable bonds is 6. The van der Waals surface area contributed by atoms with Gasteiger partial charge in [0.1, 0.15) is 6.04 Å². The smallest absolute Gasteiger partial charge is 0.258 e. The van der Waals surface area contributed by atoms with Gasteiger partial charge < -0.3 is 5.32 Å². The van der Waals surface area contributed by atoms with E-state index in [0.29, 0.717) is 15.7 Å². The van der Waals surface area contributed by atoms with Crippen molar-refractivity contribution in [2.45, 2.75) is 12.5 Å². The average molecular weight is 426 g/mol. The number of nitrogens with one attached hydrogen (secondary N) is 1. The average Bonchev–Trinajstić information content (AvgIpc) is 3.25. The third kappa shape index (κ3) is 4.96. The van der Waals surface area contributed by atoms with E-state index in [0.717, 1.165) is 10.5 Å². The molecule has 3 rings (SSSR count). The highest BCUT2D eigenvalue weighted by atomic mass is 35.5. The molecule has 1 N–H and O–H groups in total. The molecule has 0 fully saturated rings. The van der Waals surface area contributed by atoms with Gasteiger partial charge in [-0.3, -0.25) is 19.5 Å². The molecule has 0 aliphatic carbocycles. The molecule has 7 nitrogen and oxygen atoms in total. The number of carbonyl (C=O) groups is 2. The van der Waals surface area contributed by atoms with E-state index in [1.54, 1.807) is 36.0 Å². The Labute approximate surface area is 176 Å². The van der Waals surface area contributed by atoms with Crippen LogP contribution < -0.4 is 5.32 Å². The van der Waals surface area contributed by atoms with Crippen LogP contribution in [0.15, 0.2) is 54.2 Å². The van der Waals surface area contributed by atoms with Crippen molar-refractivity contribution >= 4 is 34.8 Å². The van der Waals surface area contributed by atoms with Crippen LogP contribution in [0.4, 0.5) is 0 Å². The van der Waals surface area contributed by atoms with E-state index in [1.165, 1.54) is 24.6 Å². The Morgan fingerprint density at radius 2 is 2.07 bits per heavy atom. The van der Waals surface area contributed by atoms with Crippen LogP contribution in [0.2, 0.25) is 5.02 Å². The summed E-state index contributed by atoms with van der Waals surface area (Å²) in [5.41, 5.74) is 1.68. The minimum atomic E-state index is -0.915. The fraction of sp³-hybridized carbons (Fsp3) is 0.150. The Balaban J connectivity index is 1.77. The minimum Gasteiger partial charge on any atom is -0.340 e. The first-order valence-electron chi connectivity index (χ1n) is 8.57. The van der Waals surface area contributed by atoms with Crippen LogP contribution in [0.3, 0.4) is 0 Å². The lowest BCUT2D eigenvalue weighted by atomic mass is 10.1. The SMILES string of the molecule is CN(C#N)C(=O)C(Cc1nccs1)NC(=O)c1ccc(-c2ccccc2Cl)nc1. The molecule has 2 heterocycles. The summed E-state index contributed by atoms with van der Waals surface area (Å²) in [7, 11) is 1.35. The number of carbonyl (C=O) groups excluding carboxylic acids is 2. The number of amides is 2. The van der Waals surface area contributed by atoms with E-state index in [4.69, 9.17) is 16.9 Å². The highest BCUT2D eigenvalue weighted by Gasteiger charge is 2.26. The predicted molar refractivity (Wildman–Crippen MR) is 110 cm³/mol. The predicted octanol–water partition coefficient (Wildman–Crippen LogP) is 3.14. The van der Waals surface area contributed by atoms with Crippen molar-refractivity contribution in [2.24, 2.45) is 0 Å². The van der Waals surface area contributed by atoms with Gasteiger partial charge in [0, 0.05) is 41.8 Å². The van der Waals surface area contributed by atoms with Gasteiger partial charge in [-0.25, -0.2) is 4.98 Å². The summed E-state index contributed by atoms with van der Waals surface area (Å²) in [5, 5.41) is 14.7. The zero-order valence-electron chi connectivity index (χ0n) is 15.4. The van der Waals surface area contributed by atoms with Crippen molar-refractivity contribution in [1.29, 1.82) is 5.26 Å². The van der Waals surface area contributed by atoms with Crippen molar-refractivity contribution in [3.63, 3.8) is 0 Å². The Kier molecular flexibility index (Phi) is 6.54. The van der Waals surface area contributed by atoms with Crippen LogP contribution in [-0.2, 0) is 11.2 Å². The molecule has 2 aromatic heterocycles. The van der Waals surface area contributed by atoms with Gasteiger partial charge in [0.15, 0.2) is 6.19 Å². The fourth-order valence-corrected chi connectivity index (χ4v) is 3.51. The molecule has 9 heteroatoms. The zero-order valence-corrected chi connectivity index (χ0v) is 16.9. The number of hydrogen-bond donors (Lipinski definition) is 1. The van der Waals surface area contributed by atoms with E-state index in [9.17, 15) is 9.59 Å². The largest absolute Gasteiger partial charge is 0.340 e. The summed E-state index contributed by atoms with van der Waals surface area (Å²) >= 11 is 7.55.